The monoisotopic (exact) mass is 334 g/mol. The molecule has 1 atom stereocenters. The second kappa shape index (κ2) is 5.73. The molecule has 0 heteroatoms. The van der Waals surface area contributed by atoms with Crippen molar-refractivity contribution in [1.29, 1.82) is 0 Å². The summed E-state index contributed by atoms with van der Waals surface area (Å²) in [5.41, 5.74) is 8.18. The lowest BCUT2D eigenvalue weighted by Gasteiger charge is -2.31. The average molecular weight is 335 g/mol. The lowest BCUT2D eigenvalue weighted by atomic mass is 9.74. The van der Waals surface area contributed by atoms with Crippen molar-refractivity contribution in [2.24, 2.45) is 0 Å². The van der Waals surface area contributed by atoms with Crippen LogP contribution >= 0.6 is 0 Å². The zero-order valence-corrected chi connectivity index (χ0v) is 17.3. The Morgan fingerprint density at radius 3 is 1.96 bits per heavy atom. The molecule has 0 fully saturated rings. The molecule has 1 aliphatic rings. The van der Waals surface area contributed by atoms with Crippen LogP contribution in [0.1, 0.15) is 95.5 Å². The Morgan fingerprint density at radius 2 is 1.44 bits per heavy atom. The van der Waals surface area contributed by atoms with Crippen LogP contribution in [0, 0.1) is 0 Å². The predicted molar refractivity (Wildman–Crippen MR) is 110 cm³/mol. The van der Waals surface area contributed by atoms with Crippen LogP contribution in [-0.4, -0.2) is 0 Å². The molecule has 0 bridgehead atoms. The fourth-order valence-corrected chi connectivity index (χ4v) is 4.33. The van der Waals surface area contributed by atoms with Crippen LogP contribution in [0.2, 0.25) is 0 Å². The van der Waals surface area contributed by atoms with Crippen LogP contribution in [0.15, 0.2) is 42.5 Å². The fraction of sp³-hybridized carbons (Fsp3) is 0.520. The second-order valence-corrected chi connectivity index (χ2v) is 10.5. The van der Waals surface area contributed by atoms with Crippen LogP contribution in [0.3, 0.4) is 0 Å². The van der Waals surface area contributed by atoms with E-state index in [1.54, 1.807) is 11.1 Å². The molecule has 1 aliphatic carbocycles. The van der Waals surface area contributed by atoms with Crippen LogP contribution in [0.25, 0.3) is 0 Å². The Labute approximate surface area is 154 Å². The molecule has 2 aromatic carbocycles. The minimum atomic E-state index is 0.152. The highest BCUT2D eigenvalue weighted by molar-refractivity contribution is 5.55. The highest BCUT2D eigenvalue weighted by Crippen LogP contribution is 2.53. The Bertz CT molecular complexity index is 764. The maximum atomic E-state index is 2.51. The summed E-state index contributed by atoms with van der Waals surface area (Å²) in [5, 5.41) is 0. The molecule has 2 aromatic rings. The van der Waals surface area contributed by atoms with Gasteiger partial charge < -0.3 is 0 Å². The molecular weight excluding hydrogens is 300 g/mol. The van der Waals surface area contributed by atoms with Gasteiger partial charge in [0.05, 0.1) is 0 Å². The molecule has 0 saturated heterocycles. The van der Waals surface area contributed by atoms with E-state index < -0.39 is 0 Å². The molecule has 0 radical (unpaired) electrons. The summed E-state index contributed by atoms with van der Waals surface area (Å²) in [6, 6.07) is 16.1. The largest absolute Gasteiger partial charge is 0.0622 e. The van der Waals surface area contributed by atoms with E-state index in [2.05, 4.69) is 97.9 Å². The minimum absolute atomic E-state index is 0.152. The third kappa shape index (κ3) is 3.28. The molecule has 0 amide bonds. The molecule has 0 aromatic heterocycles. The predicted octanol–water partition coefficient (Wildman–Crippen LogP) is 7.09. The van der Waals surface area contributed by atoms with Gasteiger partial charge in [0, 0.05) is 5.92 Å². The Hall–Kier alpha value is -1.56. The highest BCUT2D eigenvalue weighted by Gasteiger charge is 2.41. The van der Waals surface area contributed by atoms with Crippen molar-refractivity contribution < 1.29 is 0 Å². The first-order chi connectivity index (χ1) is 11.4. The molecule has 0 aliphatic heterocycles. The van der Waals surface area contributed by atoms with E-state index >= 15 is 0 Å². The van der Waals surface area contributed by atoms with Gasteiger partial charge >= 0.3 is 0 Å². The van der Waals surface area contributed by atoms with Gasteiger partial charge in [-0.15, -0.1) is 0 Å². The Kier molecular flexibility index (Phi) is 4.18. The van der Waals surface area contributed by atoms with Gasteiger partial charge in [-0.2, -0.15) is 0 Å². The summed E-state index contributed by atoms with van der Waals surface area (Å²) in [4.78, 5) is 0. The SMILES string of the molecule is CC(C)(C)c1cc(C(C)(C)C)c2c(c1)C(C)(C)CC2c1ccccc1. The first-order valence-electron chi connectivity index (χ1n) is 9.65. The van der Waals surface area contributed by atoms with Crippen molar-refractivity contribution in [3.8, 4) is 0 Å². The summed E-state index contributed by atoms with van der Waals surface area (Å²) >= 11 is 0. The third-order valence-electron chi connectivity index (χ3n) is 5.85. The molecule has 0 spiro atoms. The van der Waals surface area contributed by atoms with E-state index in [0.717, 1.165) is 0 Å². The zero-order chi connectivity index (χ0) is 18.6. The van der Waals surface area contributed by atoms with Gasteiger partial charge in [0.2, 0.25) is 0 Å². The van der Waals surface area contributed by atoms with Crippen molar-refractivity contribution in [2.45, 2.75) is 84.0 Å². The Balaban J connectivity index is 2.31. The van der Waals surface area contributed by atoms with Crippen molar-refractivity contribution in [3.05, 3.63) is 70.3 Å². The maximum Gasteiger partial charge on any atom is 0.0103 e. The van der Waals surface area contributed by atoms with Gasteiger partial charge in [-0.25, -0.2) is 0 Å². The number of fused-ring (bicyclic) bond motifs is 1. The van der Waals surface area contributed by atoms with Gasteiger partial charge in [-0.1, -0.05) is 97.9 Å². The molecule has 1 unspecified atom stereocenters. The summed E-state index contributed by atoms with van der Waals surface area (Å²) in [5.74, 6) is 0.509. The normalized spacial score (nSPS) is 19.8. The van der Waals surface area contributed by atoms with Crippen molar-refractivity contribution in [2.75, 3.05) is 0 Å². The first kappa shape index (κ1) is 18.2. The van der Waals surface area contributed by atoms with Crippen LogP contribution in [0.5, 0.6) is 0 Å². The number of hydrogen-bond donors (Lipinski definition) is 0. The van der Waals surface area contributed by atoms with Gasteiger partial charge in [-0.05, 0) is 50.5 Å². The fourth-order valence-electron chi connectivity index (χ4n) is 4.33. The van der Waals surface area contributed by atoms with Crippen LogP contribution in [0.4, 0.5) is 0 Å². The molecule has 25 heavy (non-hydrogen) atoms. The molecule has 0 N–H and O–H groups in total. The number of benzene rings is 2. The van der Waals surface area contributed by atoms with Crippen molar-refractivity contribution in [1.82, 2.24) is 0 Å². The van der Waals surface area contributed by atoms with Gasteiger partial charge in [0.15, 0.2) is 0 Å². The maximum absolute atomic E-state index is 2.51. The zero-order valence-electron chi connectivity index (χ0n) is 17.3. The molecule has 134 valence electrons. The summed E-state index contributed by atoms with van der Waals surface area (Å²) in [6.45, 7) is 18.9. The van der Waals surface area contributed by atoms with Gasteiger partial charge in [-0.3, -0.25) is 0 Å². The second-order valence-electron chi connectivity index (χ2n) is 10.5. The van der Waals surface area contributed by atoms with Crippen LogP contribution < -0.4 is 0 Å². The standard InChI is InChI=1S/C25H34/c1-23(2,3)18-14-20(24(4,5)6)22-19(17-12-10-9-11-13-17)16-25(7,8)21(22)15-18/h9-15,19H,16H2,1-8H3. The van der Waals surface area contributed by atoms with Crippen molar-refractivity contribution in [3.63, 3.8) is 0 Å². The molecular formula is C25H34. The van der Waals surface area contributed by atoms with E-state index in [0.29, 0.717) is 5.92 Å². The molecule has 0 nitrogen and oxygen atoms in total. The smallest absolute Gasteiger partial charge is 0.0103 e. The first-order valence-corrected chi connectivity index (χ1v) is 9.65. The van der Waals surface area contributed by atoms with E-state index in [-0.39, 0.29) is 16.2 Å². The van der Waals surface area contributed by atoms with Gasteiger partial charge in [0.25, 0.3) is 0 Å². The molecule has 0 saturated carbocycles. The van der Waals surface area contributed by atoms with Crippen LogP contribution in [-0.2, 0) is 16.2 Å². The molecule has 0 heterocycles. The Morgan fingerprint density at radius 1 is 0.840 bits per heavy atom. The van der Waals surface area contributed by atoms with E-state index in [1.165, 1.54) is 23.1 Å². The summed E-state index contributed by atoms with van der Waals surface area (Å²) in [7, 11) is 0. The summed E-state index contributed by atoms with van der Waals surface area (Å²) < 4.78 is 0. The third-order valence-corrected chi connectivity index (χ3v) is 5.85. The topological polar surface area (TPSA) is 0 Å². The minimum Gasteiger partial charge on any atom is -0.0622 e. The average Bonchev–Trinajstić information content (AvgIpc) is 2.77. The lowest BCUT2D eigenvalue weighted by Crippen LogP contribution is -2.21. The quantitative estimate of drug-likeness (QED) is 0.522. The molecule has 3 rings (SSSR count). The van der Waals surface area contributed by atoms with E-state index in [1.807, 2.05) is 0 Å². The van der Waals surface area contributed by atoms with Crippen molar-refractivity contribution >= 4 is 0 Å². The highest BCUT2D eigenvalue weighted by atomic mass is 14.4. The lowest BCUT2D eigenvalue weighted by molar-refractivity contribution is 0.497. The summed E-state index contributed by atoms with van der Waals surface area (Å²) in [6.07, 6.45) is 1.20. The van der Waals surface area contributed by atoms with E-state index in [4.69, 9.17) is 0 Å². The number of rotatable bonds is 1. The number of hydrogen-bond acceptors (Lipinski definition) is 0. The van der Waals surface area contributed by atoms with E-state index in [9.17, 15) is 0 Å². The van der Waals surface area contributed by atoms with Gasteiger partial charge in [0.1, 0.15) is 0 Å².